The number of alkyl halides is 6. The molecule has 0 radical (unpaired) electrons. The zero-order valence-electron chi connectivity index (χ0n) is 34.3. The third-order valence-corrected chi connectivity index (χ3v) is 9.90. The van der Waals surface area contributed by atoms with Crippen LogP contribution in [0.1, 0.15) is 64.5 Å². The van der Waals surface area contributed by atoms with Gasteiger partial charge in [-0.1, -0.05) is 51.9 Å². The van der Waals surface area contributed by atoms with Crippen molar-refractivity contribution in [3.8, 4) is 0 Å². The van der Waals surface area contributed by atoms with E-state index in [0.29, 0.717) is 6.54 Å². The van der Waals surface area contributed by atoms with E-state index in [4.69, 9.17) is 39.7 Å². The molecule has 4 heterocycles. The fourth-order valence-electron chi connectivity index (χ4n) is 6.50. The van der Waals surface area contributed by atoms with Gasteiger partial charge in [0.2, 0.25) is 5.91 Å². The number of carbonyl (C=O) groups excluding carboxylic acids is 2. The summed E-state index contributed by atoms with van der Waals surface area (Å²) in [5, 5.41) is 60.6. The number of carbonyl (C=O) groups is 4. The van der Waals surface area contributed by atoms with E-state index in [1.165, 1.54) is 37.6 Å². The maximum absolute atomic E-state index is 14.2. The summed E-state index contributed by atoms with van der Waals surface area (Å²) in [7, 11) is 3.00. The molecule has 2 fully saturated rings. The van der Waals surface area contributed by atoms with E-state index in [1.54, 1.807) is 18.0 Å². The van der Waals surface area contributed by atoms with Gasteiger partial charge in [-0.15, -0.1) is 0 Å². The Balaban J connectivity index is 0.000000838. The van der Waals surface area contributed by atoms with E-state index in [1.807, 2.05) is 0 Å². The Bertz CT molecular complexity index is 1790. The predicted molar refractivity (Wildman–Crippen MR) is 202 cm³/mol. The van der Waals surface area contributed by atoms with E-state index in [-0.39, 0.29) is 18.8 Å². The molecule has 1 aromatic heterocycles. The van der Waals surface area contributed by atoms with Gasteiger partial charge in [-0.3, -0.25) is 28.8 Å². The molecule has 63 heavy (non-hydrogen) atoms. The zero-order chi connectivity index (χ0) is 48.0. The molecule has 10 atom stereocenters. The number of carboxylic acids is 2. The number of ether oxygens (including phenoxy) is 3. The number of hydrogen-bond donors (Lipinski definition) is 9. The summed E-state index contributed by atoms with van der Waals surface area (Å²) < 4.78 is 82.1. The maximum atomic E-state index is 14.2. The number of aliphatic carboxylic acids is 2. The Morgan fingerprint density at radius 1 is 0.873 bits per heavy atom. The van der Waals surface area contributed by atoms with Crippen LogP contribution in [0.3, 0.4) is 0 Å². The zero-order valence-corrected chi connectivity index (χ0v) is 34.3. The van der Waals surface area contributed by atoms with Crippen molar-refractivity contribution in [2.24, 2.45) is 5.73 Å². The van der Waals surface area contributed by atoms with E-state index >= 15 is 0 Å². The van der Waals surface area contributed by atoms with Crippen molar-refractivity contribution in [2.75, 3.05) is 33.7 Å². The van der Waals surface area contributed by atoms with Crippen LogP contribution in [0.2, 0.25) is 0 Å². The van der Waals surface area contributed by atoms with E-state index in [2.05, 4.69) is 17.2 Å². The van der Waals surface area contributed by atoms with E-state index in [0.717, 1.165) is 42.5 Å². The Morgan fingerprint density at radius 3 is 1.90 bits per heavy atom. The van der Waals surface area contributed by atoms with Crippen LogP contribution in [-0.4, -0.2) is 175 Å². The predicted octanol–water partition coefficient (Wildman–Crippen LogP) is -0.874. The molecule has 0 aliphatic carbocycles. The van der Waals surface area contributed by atoms with Gasteiger partial charge in [0.15, 0.2) is 12.5 Å². The lowest BCUT2D eigenvalue weighted by Crippen LogP contribution is -2.59. The van der Waals surface area contributed by atoms with Crippen LogP contribution in [0, 0.1) is 0 Å². The lowest BCUT2D eigenvalue weighted by Gasteiger charge is -2.38. The highest BCUT2D eigenvalue weighted by atomic mass is 19.4. The monoisotopic (exact) mass is 924 g/mol. The molecule has 3 aliphatic heterocycles. The van der Waals surface area contributed by atoms with Crippen molar-refractivity contribution in [1.82, 2.24) is 24.7 Å². The molecule has 0 spiro atoms. The van der Waals surface area contributed by atoms with Crippen LogP contribution in [0.4, 0.5) is 26.3 Å². The number of amides is 2. The van der Waals surface area contributed by atoms with Gasteiger partial charge < -0.3 is 60.8 Å². The fraction of sp³-hybridized carbons (Fsp3) is 0.722. The third-order valence-electron chi connectivity index (χ3n) is 9.90. The first kappa shape index (κ1) is 54.7. The number of aromatic nitrogens is 2. The minimum absolute atomic E-state index is 0.0669. The van der Waals surface area contributed by atoms with E-state index in [9.17, 15) is 65.9 Å². The van der Waals surface area contributed by atoms with Crippen molar-refractivity contribution in [3.63, 3.8) is 0 Å². The molecule has 0 unspecified atom stereocenters. The third kappa shape index (κ3) is 15.6. The Hall–Kier alpha value is -4.48. The molecule has 2 amide bonds. The first-order valence-electron chi connectivity index (χ1n) is 19.6. The molecule has 10 N–H and O–H groups in total. The topological polar surface area (TPSA) is 317 Å². The Labute approximate surface area is 355 Å². The number of likely N-dealkylation sites (N-methyl/N-ethyl adjacent to an activating group) is 2. The molecule has 2 saturated heterocycles. The van der Waals surface area contributed by atoms with Crippen LogP contribution in [-0.2, 0) is 33.4 Å². The lowest BCUT2D eigenvalue weighted by atomic mass is 9.97. The van der Waals surface area contributed by atoms with Gasteiger partial charge in [0.25, 0.3) is 11.5 Å². The second-order valence-electron chi connectivity index (χ2n) is 14.6. The van der Waals surface area contributed by atoms with Gasteiger partial charge in [0.05, 0.1) is 0 Å². The number of nitrogens with two attached hydrogens (primary N) is 1. The molecular weight excluding hydrogens is 870 g/mol. The largest absolute Gasteiger partial charge is 0.490 e. The number of aromatic amines is 1. The van der Waals surface area contributed by atoms with Gasteiger partial charge in [0, 0.05) is 38.9 Å². The molecule has 360 valence electrons. The van der Waals surface area contributed by atoms with Crippen molar-refractivity contribution < 1.29 is 90.4 Å². The standard InChI is InChI=1S/C32H52N6O11.2C2HF3O2/c1-4-5-6-7-8-9-10-11-14-34-28(44)18-12-15-36(2)21(29(45)37(18)3)26(49-31-25(43)22(40)19(17-33)47-31)27-23(41)24(42)30(48-27)38-16-13-20(39)35-32(38)46;2*3-2(4,5)1(6)7/h12-13,16,19,21-27,30-31,40-43H,4-11,14-15,17,33H2,1-3H3,(H,34,44)(H,35,39,46);2*(H,6,7)/t19-,21+,22-,23+,24-,25-,26+,27+,30-,31+;;/m1../s1. The molecule has 1 aromatic rings. The second-order valence-corrected chi connectivity index (χ2v) is 14.6. The second kappa shape index (κ2) is 24.5. The number of nitrogens with one attached hydrogen (secondary N) is 2. The molecule has 0 aromatic carbocycles. The highest BCUT2D eigenvalue weighted by Crippen LogP contribution is 2.36. The summed E-state index contributed by atoms with van der Waals surface area (Å²) in [6.45, 7) is 2.52. The van der Waals surface area contributed by atoms with Crippen molar-refractivity contribution in [1.29, 1.82) is 0 Å². The number of aliphatic hydroxyl groups is 4. The Morgan fingerprint density at radius 2 is 1.41 bits per heavy atom. The summed E-state index contributed by atoms with van der Waals surface area (Å²) >= 11 is 0. The van der Waals surface area contributed by atoms with Gasteiger partial charge in [-0.25, -0.2) is 14.4 Å². The minimum Gasteiger partial charge on any atom is -0.475 e. The van der Waals surface area contributed by atoms with E-state index < -0.39 is 109 Å². The summed E-state index contributed by atoms with van der Waals surface area (Å²) in [5.41, 5.74) is 4.17. The molecule has 3 aliphatic rings. The summed E-state index contributed by atoms with van der Waals surface area (Å²) in [5.74, 6) is -6.60. The first-order valence-corrected chi connectivity index (χ1v) is 19.6. The van der Waals surface area contributed by atoms with Crippen LogP contribution >= 0.6 is 0 Å². The average molecular weight is 925 g/mol. The number of rotatable bonds is 16. The summed E-state index contributed by atoms with van der Waals surface area (Å²) in [6, 6.07) is -0.269. The van der Waals surface area contributed by atoms with Gasteiger partial charge in [-0.2, -0.15) is 26.3 Å². The molecule has 0 bridgehead atoms. The van der Waals surface area contributed by atoms with Gasteiger partial charge in [0.1, 0.15) is 54.5 Å². The summed E-state index contributed by atoms with van der Waals surface area (Å²) in [6.07, 6.45) is -12.2. The number of H-pyrrole nitrogens is 1. The fourth-order valence-corrected chi connectivity index (χ4v) is 6.50. The Kier molecular flexibility index (Phi) is 21.3. The van der Waals surface area contributed by atoms with Crippen LogP contribution in [0.25, 0.3) is 0 Å². The van der Waals surface area contributed by atoms with Gasteiger partial charge >= 0.3 is 30.0 Å². The number of halogens is 6. The van der Waals surface area contributed by atoms with Crippen LogP contribution in [0.5, 0.6) is 0 Å². The number of aliphatic hydroxyl groups excluding tert-OH is 4. The first-order chi connectivity index (χ1) is 29.3. The van der Waals surface area contributed by atoms with Gasteiger partial charge in [-0.05, 0) is 19.5 Å². The smallest absolute Gasteiger partial charge is 0.475 e. The maximum Gasteiger partial charge on any atom is 0.490 e. The highest BCUT2D eigenvalue weighted by molar-refractivity contribution is 5.99. The minimum atomic E-state index is -5.08. The van der Waals surface area contributed by atoms with Crippen LogP contribution < -0.4 is 22.3 Å². The lowest BCUT2D eigenvalue weighted by molar-refractivity contribution is -0.232. The summed E-state index contributed by atoms with van der Waals surface area (Å²) in [4.78, 5) is 74.2. The molecular formula is C36H54F6N6O15. The number of hydrogen-bond acceptors (Lipinski definition) is 15. The molecule has 0 saturated carbocycles. The molecule has 21 nitrogen and oxygen atoms in total. The highest BCUT2D eigenvalue weighted by Gasteiger charge is 2.55. The van der Waals surface area contributed by atoms with Crippen molar-refractivity contribution in [3.05, 3.63) is 44.9 Å². The quantitative estimate of drug-likeness (QED) is 0.0719. The number of nitrogens with zero attached hydrogens (tertiary/aromatic N) is 3. The normalized spacial score (nSPS) is 27.0. The van der Waals surface area contributed by atoms with Crippen molar-refractivity contribution >= 4 is 23.8 Å². The SMILES string of the molecule is CCCCCCCCCCNC(=O)C1=CCN(C)[C@@H]([C@H](O[C@@H]2O[C@H](CN)[C@@H](O)[C@H]2O)[C@H]2O[C@@H](n3ccc(=O)[nH]c3=O)[C@H](O)[C@@H]2O)C(=O)N1C.O=C(O)C(F)(F)F.O=C(O)C(F)(F)F. The number of unbranched alkanes of at least 4 members (excludes halogenated alkanes) is 7. The molecule has 4 rings (SSSR count). The molecule has 27 heteroatoms. The average Bonchev–Trinajstić information content (AvgIpc) is 3.60. The number of carboxylic acid groups (broad SMARTS) is 2. The van der Waals surface area contributed by atoms with Crippen molar-refractivity contribution in [2.45, 2.75) is 132 Å². The van der Waals surface area contributed by atoms with Crippen LogP contribution in [0.15, 0.2) is 33.6 Å².